The molecule has 3 aromatic rings. The summed E-state index contributed by atoms with van der Waals surface area (Å²) in [6.07, 6.45) is -5.95. The number of aliphatic hydroxyl groups is 1. The molecular weight excluding hydrogens is 511 g/mol. The van der Waals surface area contributed by atoms with Gasteiger partial charge in [0.05, 0.1) is 27.8 Å². The molecule has 12 heteroatoms. The largest absolute Gasteiger partial charge is 0.573 e. The SMILES string of the molecule is O=S(=O)([N+]#CC1CNC[C@H](N2c3ccccc3Oc3ccccc32)[C@H]1O)c1ccc(OC(F)(F)F)cc1. The van der Waals surface area contributed by atoms with Gasteiger partial charge in [-0.2, -0.15) is 0 Å². The van der Waals surface area contributed by atoms with Crippen molar-refractivity contribution in [2.45, 2.75) is 23.4 Å². The van der Waals surface area contributed by atoms with Gasteiger partial charge in [-0.3, -0.25) is 0 Å². The number of sulfonamides is 1. The van der Waals surface area contributed by atoms with Gasteiger partial charge in [-0.05, 0) is 48.5 Å². The second-order valence-electron chi connectivity index (χ2n) is 8.44. The van der Waals surface area contributed by atoms with Gasteiger partial charge in [0.1, 0.15) is 11.7 Å². The Hall–Kier alpha value is -3.79. The van der Waals surface area contributed by atoms with Crippen molar-refractivity contribution in [1.82, 2.24) is 5.32 Å². The zero-order valence-corrected chi connectivity index (χ0v) is 19.9. The maximum atomic E-state index is 12.7. The molecule has 2 aliphatic rings. The predicted octanol–water partition coefficient (Wildman–Crippen LogP) is 4.50. The molecular formula is C25H21F3N3O5S+. The van der Waals surface area contributed by atoms with Crippen molar-refractivity contribution in [2.24, 2.45) is 5.92 Å². The smallest absolute Gasteiger partial charge is 0.453 e. The molecule has 1 saturated heterocycles. The number of alkyl halides is 3. The van der Waals surface area contributed by atoms with Gasteiger partial charge in [-0.1, -0.05) is 24.3 Å². The molecule has 0 amide bonds. The van der Waals surface area contributed by atoms with Crippen LogP contribution in [0.2, 0.25) is 0 Å². The molecule has 0 spiro atoms. The number of fused-ring (bicyclic) bond motifs is 2. The van der Waals surface area contributed by atoms with E-state index in [1.165, 1.54) is 0 Å². The zero-order valence-electron chi connectivity index (χ0n) is 19.1. The van der Waals surface area contributed by atoms with Crippen LogP contribution in [0.3, 0.4) is 0 Å². The monoisotopic (exact) mass is 532 g/mol. The molecule has 8 nitrogen and oxygen atoms in total. The quantitative estimate of drug-likeness (QED) is 0.513. The molecule has 0 radical (unpaired) electrons. The van der Waals surface area contributed by atoms with Gasteiger partial charge in [0, 0.05) is 13.1 Å². The molecule has 0 saturated carbocycles. The standard InChI is InChI=1S/C25H21F3N3O5S/c26-25(27,28)36-17-9-11-18(12-10-17)37(33,34)30-14-16-13-29-15-21(24(16)32)31-19-5-1-3-7-22(19)35-23-8-4-2-6-20(23)31/h1-12,16,21,24,29,32H,13,15H2/q+1/t16?,21-,24-/m0/s1. The van der Waals surface area contributed by atoms with Crippen LogP contribution in [-0.2, 0) is 10.0 Å². The van der Waals surface area contributed by atoms with Crippen molar-refractivity contribution in [1.29, 1.82) is 0 Å². The first-order chi connectivity index (χ1) is 17.6. The average Bonchev–Trinajstić information content (AvgIpc) is 2.86. The van der Waals surface area contributed by atoms with Crippen LogP contribution in [0.25, 0.3) is 4.25 Å². The van der Waals surface area contributed by atoms with Crippen molar-refractivity contribution in [3.8, 4) is 23.3 Å². The van der Waals surface area contributed by atoms with Crippen LogP contribution in [0.1, 0.15) is 0 Å². The number of nitrogens with zero attached hydrogens (tertiary/aromatic N) is 2. The molecule has 2 N–H and O–H groups in total. The molecule has 2 heterocycles. The van der Waals surface area contributed by atoms with Crippen molar-refractivity contribution >= 4 is 21.4 Å². The molecule has 0 bridgehead atoms. The minimum absolute atomic E-state index is 0.225. The Labute approximate surface area is 210 Å². The summed E-state index contributed by atoms with van der Waals surface area (Å²) in [5.74, 6) is -0.105. The van der Waals surface area contributed by atoms with Crippen LogP contribution >= 0.6 is 0 Å². The number of halogens is 3. The molecule has 1 unspecified atom stereocenters. The summed E-state index contributed by atoms with van der Waals surface area (Å²) in [4.78, 5) is 1.62. The molecule has 0 aromatic heterocycles. The van der Waals surface area contributed by atoms with E-state index in [0.29, 0.717) is 18.0 Å². The highest BCUT2D eigenvalue weighted by Gasteiger charge is 2.42. The van der Waals surface area contributed by atoms with Crippen molar-refractivity contribution in [3.63, 3.8) is 0 Å². The van der Waals surface area contributed by atoms with E-state index in [-0.39, 0.29) is 11.4 Å². The maximum Gasteiger partial charge on any atom is 0.573 e. The third kappa shape index (κ3) is 5.20. The first kappa shape index (κ1) is 24.9. The number of piperidine rings is 1. The number of aliphatic hydroxyl groups excluding tert-OH is 1. The summed E-state index contributed by atoms with van der Waals surface area (Å²) in [6, 6.07) is 20.5. The zero-order chi connectivity index (χ0) is 26.2. The van der Waals surface area contributed by atoms with Gasteiger partial charge in [-0.15, -0.1) is 21.6 Å². The van der Waals surface area contributed by atoms with E-state index in [9.17, 15) is 26.7 Å². The van der Waals surface area contributed by atoms with E-state index in [4.69, 9.17) is 4.74 Å². The Morgan fingerprint density at radius 1 is 0.973 bits per heavy atom. The first-order valence-corrected chi connectivity index (χ1v) is 12.7. The Balaban J connectivity index is 1.40. The second-order valence-corrected chi connectivity index (χ2v) is 10.0. The van der Waals surface area contributed by atoms with Crippen LogP contribution in [0.4, 0.5) is 24.5 Å². The topological polar surface area (TPSA) is 92.5 Å². The second kappa shape index (κ2) is 9.59. The Morgan fingerprint density at radius 2 is 1.57 bits per heavy atom. The van der Waals surface area contributed by atoms with Crippen LogP contribution in [0.5, 0.6) is 17.2 Å². The lowest BCUT2D eigenvalue weighted by molar-refractivity contribution is -0.274. The minimum atomic E-state index is -4.89. The van der Waals surface area contributed by atoms with E-state index in [0.717, 1.165) is 35.6 Å². The molecule has 1 fully saturated rings. The fraction of sp³-hybridized carbons (Fsp3) is 0.240. The number of hydrogen-bond donors (Lipinski definition) is 2. The highest BCUT2D eigenvalue weighted by Crippen LogP contribution is 2.48. The van der Waals surface area contributed by atoms with E-state index < -0.39 is 40.2 Å². The Morgan fingerprint density at radius 3 is 2.16 bits per heavy atom. The Bertz CT molecular complexity index is 1420. The van der Waals surface area contributed by atoms with Crippen LogP contribution < -0.4 is 19.7 Å². The van der Waals surface area contributed by atoms with Crippen LogP contribution in [0, 0.1) is 12.0 Å². The molecule has 0 aliphatic carbocycles. The van der Waals surface area contributed by atoms with Crippen LogP contribution in [-0.4, -0.2) is 45.1 Å². The molecule has 3 atom stereocenters. The number of ether oxygens (including phenoxy) is 2. The number of benzene rings is 3. The third-order valence-corrected chi connectivity index (χ3v) is 7.23. The van der Waals surface area contributed by atoms with Crippen molar-refractivity contribution < 1.29 is 36.2 Å². The summed E-state index contributed by atoms with van der Waals surface area (Å²) in [7, 11) is -4.28. The number of hydrogen-bond acceptors (Lipinski definition) is 7. The summed E-state index contributed by atoms with van der Waals surface area (Å²) in [6.45, 7) is 0.623. The van der Waals surface area contributed by atoms with Gasteiger partial charge < -0.3 is 24.8 Å². The number of rotatable bonds is 3. The third-order valence-electron chi connectivity index (χ3n) is 6.02. The molecule has 3 aromatic carbocycles. The van der Waals surface area contributed by atoms with Crippen molar-refractivity contribution in [2.75, 3.05) is 18.0 Å². The number of nitrogens with one attached hydrogen (secondary N) is 1. The highest BCUT2D eigenvalue weighted by molar-refractivity contribution is 7.93. The summed E-state index contributed by atoms with van der Waals surface area (Å²) in [5.41, 5.74) is 1.50. The predicted molar refractivity (Wildman–Crippen MR) is 129 cm³/mol. The lowest BCUT2D eigenvalue weighted by atomic mass is 9.91. The highest BCUT2D eigenvalue weighted by atomic mass is 32.2. The molecule has 5 rings (SSSR count). The van der Waals surface area contributed by atoms with E-state index in [1.807, 2.05) is 53.4 Å². The Kier molecular flexibility index (Phi) is 6.45. The molecule has 192 valence electrons. The lowest BCUT2D eigenvalue weighted by Crippen LogP contribution is -2.57. The van der Waals surface area contributed by atoms with Crippen LogP contribution in [0.15, 0.2) is 77.7 Å². The number of para-hydroxylation sites is 4. The molecule has 37 heavy (non-hydrogen) atoms. The van der Waals surface area contributed by atoms with E-state index in [2.05, 4.69) is 20.4 Å². The minimum Gasteiger partial charge on any atom is -0.453 e. The van der Waals surface area contributed by atoms with Crippen molar-refractivity contribution in [3.05, 3.63) is 77.0 Å². The normalized spacial score (nSPS) is 21.1. The molecule has 2 aliphatic heterocycles. The fourth-order valence-electron chi connectivity index (χ4n) is 4.36. The van der Waals surface area contributed by atoms with Gasteiger partial charge in [-0.25, -0.2) is 0 Å². The fourth-order valence-corrected chi connectivity index (χ4v) is 5.22. The van der Waals surface area contributed by atoms with Gasteiger partial charge in [0.15, 0.2) is 16.4 Å². The lowest BCUT2D eigenvalue weighted by Gasteiger charge is -2.43. The summed E-state index contributed by atoms with van der Waals surface area (Å²) < 4.78 is 75.8. The summed E-state index contributed by atoms with van der Waals surface area (Å²) >= 11 is 0. The average molecular weight is 533 g/mol. The van der Waals surface area contributed by atoms with Gasteiger partial charge >= 0.3 is 22.5 Å². The van der Waals surface area contributed by atoms with Gasteiger partial charge in [0.2, 0.25) is 0 Å². The first-order valence-electron chi connectivity index (χ1n) is 11.2. The summed E-state index contributed by atoms with van der Waals surface area (Å²) in [5, 5.41) is 14.5. The van der Waals surface area contributed by atoms with E-state index >= 15 is 0 Å². The van der Waals surface area contributed by atoms with E-state index in [1.54, 1.807) is 0 Å². The van der Waals surface area contributed by atoms with Gasteiger partial charge in [0.25, 0.3) is 0 Å². The maximum absolute atomic E-state index is 12.7. The number of anilines is 2.